The van der Waals surface area contributed by atoms with Crippen molar-refractivity contribution < 1.29 is 19.1 Å². The minimum atomic E-state index is -0.733. The van der Waals surface area contributed by atoms with E-state index in [2.05, 4.69) is 24.5 Å². The van der Waals surface area contributed by atoms with Gasteiger partial charge >= 0.3 is 5.97 Å². The lowest BCUT2D eigenvalue weighted by atomic mass is 9.81. The maximum absolute atomic E-state index is 12.7. The summed E-state index contributed by atoms with van der Waals surface area (Å²) in [5.74, 6) is -1.05. The largest absolute Gasteiger partial charge is 0.463 e. The molecule has 2 saturated heterocycles. The summed E-state index contributed by atoms with van der Waals surface area (Å²) in [4.78, 5) is 25.2. The molecule has 26 heavy (non-hydrogen) atoms. The summed E-state index contributed by atoms with van der Waals surface area (Å²) in [6, 6.07) is 0. The SMILES string of the molecule is COC1(C)CC(C)CNC2(CCNCC2)COC(=O)C(C)C(=O)C(C)C1. The van der Waals surface area contributed by atoms with E-state index in [1.807, 2.05) is 6.92 Å². The van der Waals surface area contributed by atoms with E-state index in [0.29, 0.717) is 18.9 Å². The van der Waals surface area contributed by atoms with Gasteiger partial charge in [-0.2, -0.15) is 0 Å². The molecule has 4 atom stereocenters. The van der Waals surface area contributed by atoms with E-state index in [-0.39, 0.29) is 22.8 Å². The summed E-state index contributed by atoms with van der Waals surface area (Å²) in [5, 5.41) is 7.05. The molecule has 0 aromatic rings. The molecule has 2 heterocycles. The molecule has 2 fully saturated rings. The number of piperidine rings is 1. The van der Waals surface area contributed by atoms with Crippen LogP contribution in [-0.2, 0) is 19.1 Å². The molecule has 150 valence electrons. The van der Waals surface area contributed by atoms with Crippen LogP contribution < -0.4 is 10.6 Å². The quantitative estimate of drug-likeness (QED) is 0.544. The first-order valence-electron chi connectivity index (χ1n) is 9.91. The molecule has 0 aromatic carbocycles. The first-order chi connectivity index (χ1) is 12.2. The van der Waals surface area contributed by atoms with Crippen molar-refractivity contribution in [3.8, 4) is 0 Å². The van der Waals surface area contributed by atoms with Crippen LogP contribution in [0.4, 0.5) is 0 Å². The van der Waals surface area contributed by atoms with Crippen molar-refractivity contribution in [2.45, 2.75) is 64.5 Å². The second kappa shape index (κ2) is 8.81. The standard InChI is InChI=1S/C20H36N2O4/c1-14-10-19(4,25-5)11-15(2)17(23)16(3)18(24)26-13-20(22-12-14)6-8-21-9-7-20/h14-16,21-22H,6-13H2,1-5H3. The molecule has 0 amide bonds. The second-order valence-corrected chi connectivity index (χ2v) is 8.71. The van der Waals surface area contributed by atoms with Crippen LogP contribution in [0.5, 0.6) is 0 Å². The van der Waals surface area contributed by atoms with Crippen LogP contribution in [0, 0.1) is 17.8 Å². The number of hydrogen-bond donors (Lipinski definition) is 2. The first kappa shape index (κ1) is 21.3. The van der Waals surface area contributed by atoms with Crippen molar-refractivity contribution in [2.24, 2.45) is 17.8 Å². The number of carbonyl (C=O) groups excluding carboxylic acids is 2. The molecule has 0 radical (unpaired) electrons. The third-order valence-corrected chi connectivity index (χ3v) is 6.15. The summed E-state index contributed by atoms with van der Waals surface area (Å²) in [5.41, 5.74) is -0.587. The molecule has 0 aliphatic carbocycles. The van der Waals surface area contributed by atoms with E-state index in [4.69, 9.17) is 9.47 Å². The fourth-order valence-corrected chi connectivity index (χ4v) is 4.35. The van der Waals surface area contributed by atoms with Crippen molar-refractivity contribution >= 4 is 11.8 Å². The van der Waals surface area contributed by atoms with Crippen LogP contribution >= 0.6 is 0 Å². The Hall–Kier alpha value is -0.980. The average Bonchev–Trinajstić information content (AvgIpc) is 2.63. The number of ketones is 1. The number of esters is 1. The highest BCUT2D eigenvalue weighted by Gasteiger charge is 2.38. The number of cyclic esters (lactones) is 1. The third kappa shape index (κ3) is 5.27. The van der Waals surface area contributed by atoms with E-state index < -0.39 is 11.9 Å². The Kier molecular flexibility index (Phi) is 7.22. The lowest BCUT2D eigenvalue weighted by molar-refractivity contribution is -0.155. The highest BCUT2D eigenvalue weighted by molar-refractivity contribution is 5.99. The Balaban J connectivity index is 2.24. The molecule has 0 saturated carbocycles. The number of ether oxygens (including phenoxy) is 2. The Morgan fingerprint density at radius 3 is 2.38 bits per heavy atom. The highest BCUT2D eigenvalue weighted by Crippen LogP contribution is 2.30. The number of rotatable bonds is 1. The van der Waals surface area contributed by atoms with Gasteiger partial charge in [0.05, 0.1) is 11.1 Å². The molecule has 2 aliphatic rings. The van der Waals surface area contributed by atoms with E-state index in [9.17, 15) is 9.59 Å². The third-order valence-electron chi connectivity index (χ3n) is 6.15. The van der Waals surface area contributed by atoms with E-state index in [1.165, 1.54) is 0 Å². The molecule has 1 spiro atoms. The van der Waals surface area contributed by atoms with Crippen molar-refractivity contribution in [3.05, 3.63) is 0 Å². The van der Waals surface area contributed by atoms with Gasteiger partial charge < -0.3 is 20.1 Å². The monoisotopic (exact) mass is 368 g/mol. The van der Waals surface area contributed by atoms with Crippen LogP contribution in [-0.4, -0.2) is 56.2 Å². The highest BCUT2D eigenvalue weighted by atomic mass is 16.5. The molecule has 6 nitrogen and oxygen atoms in total. The molecule has 0 aromatic heterocycles. The minimum Gasteiger partial charge on any atom is -0.463 e. The van der Waals surface area contributed by atoms with Crippen molar-refractivity contribution in [2.75, 3.05) is 33.4 Å². The molecule has 4 unspecified atom stereocenters. The number of methoxy groups -OCH3 is 1. The van der Waals surface area contributed by atoms with Crippen LogP contribution in [0.1, 0.15) is 53.4 Å². The van der Waals surface area contributed by atoms with Crippen LogP contribution in [0.3, 0.4) is 0 Å². The Morgan fingerprint density at radius 2 is 1.77 bits per heavy atom. The smallest absolute Gasteiger partial charge is 0.316 e. The van der Waals surface area contributed by atoms with Gasteiger partial charge in [-0.1, -0.05) is 13.8 Å². The Labute approximate surface area is 157 Å². The predicted molar refractivity (Wildman–Crippen MR) is 101 cm³/mol. The van der Waals surface area contributed by atoms with Crippen molar-refractivity contribution in [1.29, 1.82) is 0 Å². The summed E-state index contributed by atoms with van der Waals surface area (Å²) in [6.45, 7) is 10.8. The van der Waals surface area contributed by atoms with Gasteiger partial charge in [0.2, 0.25) is 0 Å². The van der Waals surface area contributed by atoms with Crippen LogP contribution in [0.2, 0.25) is 0 Å². The Morgan fingerprint density at radius 1 is 1.12 bits per heavy atom. The van der Waals surface area contributed by atoms with Crippen LogP contribution in [0.25, 0.3) is 0 Å². The van der Waals surface area contributed by atoms with Gasteiger partial charge in [0.25, 0.3) is 0 Å². The number of hydrogen-bond acceptors (Lipinski definition) is 6. The molecule has 2 rings (SSSR count). The fraction of sp³-hybridized carbons (Fsp3) is 0.900. The zero-order valence-corrected chi connectivity index (χ0v) is 17.0. The van der Waals surface area contributed by atoms with Crippen molar-refractivity contribution in [3.63, 3.8) is 0 Å². The second-order valence-electron chi connectivity index (χ2n) is 8.71. The minimum absolute atomic E-state index is 0.0579. The maximum atomic E-state index is 12.7. The molecule has 2 aliphatic heterocycles. The topological polar surface area (TPSA) is 76.7 Å². The van der Waals surface area contributed by atoms with Gasteiger partial charge in [-0.25, -0.2) is 0 Å². The van der Waals surface area contributed by atoms with Gasteiger partial charge in [-0.3, -0.25) is 9.59 Å². The first-order valence-corrected chi connectivity index (χ1v) is 9.91. The number of carbonyl (C=O) groups is 2. The van der Waals surface area contributed by atoms with Gasteiger partial charge in [0.15, 0.2) is 0 Å². The summed E-state index contributed by atoms with van der Waals surface area (Å²) < 4.78 is 11.4. The van der Waals surface area contributed by atoms with Gasteiger partial charge in [0, 0.05) is 13.0 Å². The van der Waals surface area contributed by atoms with Crippen molar-refractivity contribution in [1.82, 2.24) is 10.6 Å². The van der Waals surface area contributed by atoms with E-state index in [1.54, 1.807) is 14.0 Å². The van der Waals surface area contributed by atoms with Crippen LogP contribution in [0.15, 0.2) is 0 Å². The fourth-order valence-electron chi connectivity index (χ4n) is 4.35. The molecular formula is C20H36N2O4. The summed E-state index contributed by atoms with van der Waals surface area (Å²) in [6.07, 6.45) is 3.30. The predicted octanol–water partition coefficient (Wildman–Crippen LogP) is 1.92. The molecule has 2 N–H and O–H groups in total. The molecular weight excluding hydrogens is 332 g/mol. The number of nitrogens with one attached hydrogen (secondary N) is 2. The Bertz CT molecular complexity index is 504. The average molecular weight is 369 g/mol. The normalized spacial score (nSPS) is 37.3. The lowest BCUT2D eigenvalue weighted by Gasteiger charge is -2.39. The van der Waals surface area contributed by atoms with E-state index >= 15 is 0 Å². The maximum Gasteiger partial charge on any atom is 0.316 e. The number of Topliss-reactive ketones (excluding diaryl/α,β-unsaturated/α-hetero) is 1. The van der Waals surface area contributed by atoms with Gasteiger partial charge in [0.1, 0.15) is 18.3 Å². The van der Waals surface area contributed by atoms with Gasteiger partial charge in [-0.05, 0) is 65.1 Å². The summed E-state index contributed by atoms with van der Waals surface area (Å²) in [7, 11) is 1.71. The molecule has 0 bridgehead atoms. The lowest BCUT2D eigenvalue weighted by Crippen LogP contribution is -2.57. The summed E-state index contributed by atoms with van der Waals surface area (Å²) >= 11 is 0. The zero-order chi connectivity index (χ0) is 19.4. The van der Waals surface area contributed by atoms with Gasteiger partial charge in [-0.15, -0.1) is 0 Å². The molecule has 6 heteroatoms. The zero-order valence-electron chi connectivity index (χ0n) is 17.0. The van der Waals surface area contributed by atoms with E-state index in [0.717, 1.165) is 38.9 Å².